The van der Waals surface area contributed by atoms with E-state index in [1.165, 1.54) is 16.9 Å². The summed E-state index contributed by atoms with van der Waals surface area (Å²) < 4.78 is 0.815. The van der Waals surface area contributed by atoms with Crippen LogP contribution in [0.3, 0.4) is 0 Å². The van der Waals surface area contributed by atoms with Crippen molar-refractivity contribution in [2.45, 2.75) is 42.2 Å². The van der Waals surface area contributed by atoms with E-state index in [0.717, 1.165) is 33.3 Å². The third-order valence-corrected chi connectivity index (χ3v) is 8.23. The first-order valence-electron chi connectivity index (χ1n) is 11.1. The number of benzene rings is 2. The number of nitrogens with two attached hydrogens (primary N) is 1. The van der Waals surface area contributed by atoms with E-state index in [1.54, 1.807) is 16.7 Å². The number of aromatic nitrogens is 2. The van der Waals surface area contributed by atoms with E-state index in [1.807, 2.05) is 49.4 Å². The second-order valence-electron chi connectivity index (χ2n) is 8.35. The minimum atomic E-state index is -0.454. The van der Waals surface area contributed by atoms with E-state index in [2.05, 4.69) is 28.4 Å². The molecular weight excluding hydrogens is 462 g/mol. The van der Waals surface area contributed by atoms with E-state index in [-0.39, 0.29) is 5.78 Å². The Morgan fingerprint density at radius 1 is 1.15 bits per heavy atom. The number of aryl methyl sites for hydroxylation is 1. The summed E-state index contributed by atoms with van der Waals surface area (Å²) in [7, 11) is 0. The number of thioether (sulfide) groups is 1. The van der Waals surface area contributed by atoms with Gasteiger partial charge in [-0.25, -0.2) is 0 Å². The van der Waals surface area contributed by atoms with E-state index in [0.29, 0.717) is 34.9 Å². The van der Waals surface area contributed by atoms with E-state index in [4.69, 9.17) is 5.73 Å². The van der Waals surface area contributed by atoms with Crippen LogP contribution in [-0.2, 0) is 10.5 Å². The number of allylic oxidation sites excluding steroid dienone is 3. The fourth-order valence-electron chi connectivity index (χ4n) is 4.47. The van der Waals surface area contributed by atoms with Crippen LogP contribution in [0.5, 0.6) is 0 Å². The van der Waals surface area contributed by atoms with Gasteiger partial charge < -0.3 is 5.73 Å². The molecule has 5 rings (SSSR count). The molecule has 0 saturated carbocycles. The first kappa shape index (κ1) is 22.4. The molecule has 0 spiro atoms. The van der Waals surface area contributed by atoms with Gasteiger partial charge in [-0.2, -0.15) is 5.26 Å². The molecule has 0 amide bonds. The van der Waals surface area contributed by atoms with Crippen molar-refractivity contribution in [2.24, 2.45) is 5.73 Å². The maximum absolute atomic E-state index is 13.2. The highest BCUT2D eigenvalue weighted by atomic mass is 32.2. The lowest BCUT2D eigenvalue weighted by molar-refractivity contribution is -0.116. The first-order valence-corrected chi connectivity index (χ1v) is 12.9. The SMILES string of the molecule is Cc1ccc(C2C(C#N)=C(N)N(c3nnc(SCc4ccccc4)s3)C3=C2C(=O)CCC3)cc1. The molecule has 6 nitrogen and oxygen atoms in total. The second-order valence-corrected chi connectivity index (χ2v) is 10.5. The Morgan fingerprint density at radius 2 is 1.91 bits per heavy atom. The van der Waals surface area contributed by atoms with E-state index >= 15 is 0 Å². The molecule has 2 aromatic carbocycles. The van der Waals surface area contributed by atoms with Crippen molar-refractivity contribution >= 4 is 34.0 Å². The molecule has 0 bridgehead atoms. The molecule has 34 heavy (non-hydrogen) atoms. The predicted molar refractivity (Wildman–Crippen MR) is 135 cm³/mol. The molecule has 170 valence electrons. The molecule has 2 heterocycles. The van der Waals surface area contributed by atoms with Gasteiger partial charge in [0.05, 0.1) is 17.6 Å². The summed E-state index contributed by atoms with van der Waals surface area (Å²) in [6.07, 6.45) is 1.93. The van der Waals surface area contributed by atoms with Gasteiger partial charge in [0.2, 0.25) is 5.13 Å². The minimum absolute atomic E-state index is 0.0697. The first-order chi connectivity index (χ1) is 16.6. The van der Waals surface area contributed by atoms with Crippen LogP contribution in [0.1, 0.15) is 41.9 Å². The zero-order chi connectivity index (χ0) is 23.7. The van der Waals surface area contributed by atoms with Crippen LogP contribution >= 0.6 is 23.1 Å². The van der Waals surface area contributed by atoms with Gasteiger partial charge in [-0.05, 0) is 30.9 Å². The van der Waals surface area contributed by atoms with Crippen molar-refractivity contribution in [1.29, 1.82) is 5.26 Å². The Kier molecular flexibility index (Phi) is 6.22. The number of nitriles is 1. The van der Waals surface area contributed by atoms with Crippen molar-refractivity contribution in [3.63, 3.8) is 0 Å². The normalized spacial score (nSPS) is 18.2. The van der Waals surface area contributed by atoms with Crippen molar-refractivity contribution in [2.75, 3.05) is 4.90 Å². The molecule has 1 aliphatic heterocycles. The lowest BCUT2D eigenvalue weighted by Gasteiger charge is -2.38. The van der Waals surface area contributed by atoms with Crippen molar-refractivity contribution in [1.82, 2.24) is 10.2 Å². The number of rotatable bonds is 5. The van der Waals surface area contributed by atoms with Crippen LogP contribution in [0.4, 0.5) is 5.13 Å². The highest BCUT2D eigenvalue weighted by Crippen LogP contribution is 2.47. The maximum Gasteiger partial charge on any atom is 0.219 e. The van der Waals surface area contributed by atoms with Gasteiger partial charge in [0.15, 0.2) is 10.1 Å². The highest BCUT2D eigenvalue weighted by molar-refractivity contribution is 8.00. The molecule has 0 saturated heterocycles. The maximum atomic E-state index is 13.2. The van der Waals surface area contributed by atoms with Crippen molar-refractivity contribution in [3.05, 3.63) is 94.0 Å². The van der Waals surface area contributed by atoms with Gasteiger partial charge >= 0.3 is 0 Å². The molecule has 0 fully saturated rings. The van der Waals surface area contributed by atoms with Crippen molar-refractivity contribution < 1.29 is 4.79 Å². The summed E-state index contributed by atoms with van der Waals surface area (Å²) in [6.45, 7) is 2.01. The average Bonchev–Trinajstić information content (AvgIpc) is 3.32. The summed E-state index contributed by atoms with van der Waals surface area (Å²) in [6, 6.07) is 20.5. The molecular formula is C26H23N5OS2. The quantitative estimate of drug-likeness (QED) is 0.481. The topological polar surface area (TPSA) is 95.9 Å². The zero-order valence-electron chi connectivity index (χ0n) is 18.7. The Hall–Kier alpha value is -3.41. The minimum Gasteiger partial charge on any atom is -0.384 e. The molecule has 3 aromatic rings. The number of carbonyl (C=O) groups excluding carboxylic acids is 1. The van der Waals surface area contributed by atoms with E-state index in [9.17, 15) is 10.1 Å². The van der Waals surface area contributed by atoms with Crippen LogP contribution in [0.15, 0.2) is 81.6 Å². The molecule has 1 aliphatic carbocycles. The molecule has 0 radical (unpaired) electrons. The molecule has 1 aromatic heterocycles. The lowest BCUT2D eigenvalue weighted by Crippen LogP contribution is -2.38. The number of nitrogens with zero attached hydrogens (tertiary/aromatic N) is 4. The highest BCUT2D eigenvalue weighted by Gasteiger charge is 2.41. The molecule has 8 heteroatoms. The largest absolute Gasteiger partial charge is 0.384 e. The summed E-state index contributed by atoms with van der Waals surface area (Å²) >= 11 is 3.04. The molecule has 1 atom stereocenters. The molecule has 1 unspecified atom stereocenters. The number of anilines is 1. The Bertz CT molecular complexity index is 1340. The zero-order valence-corrected chi connectivity index (χ0v) is 20.3. The van der Waals surface area contributed by atoms with Crippen LogP contribution in [0.25, 0.3) is 0 Å². The smallest absolute Gasteiger partial charge is 0.219 e. The summed E-state index contributed by atoms with van der Waals surface area (Å²) in [5, 5.41) is 19.5. The number of hydrogen-bond acceptors (Lipinski definition) is 8. The summed E-state index contributed by atoms with van der Waals surface area (Å²) in [5.41, 5.74) is 11.7. The third-order valence-electron chi connectivity index (χ3n) is 6.12. The number of ketones is 1. The monoisotopic (exact) mass is 485 g/mol. The van der Waals surface area contributed by atoms with Gasteiger partial charge in [0.25, 0.3) is 0 Å². The standard InChI is InChI=1S/C26H23N5OS2/c1-16-10-12-18(13-11-16)22-19(14-27)24(28)31(20-8-5-9-21(32)23(20)22)25-29-30-26(34-25)33-15-17-6-3-2-4-7-17/h2-4,6-7,10-13,22H,5,8-9,15,28H2,1H3. The Morgan fingerprint density at radius 3 is 2.65 bits per heavy atom. The van der Waals surface area contributed by atoms with Crippen LogP contribution in [0, 0.1) is 18.3 Å². The van der Waals surface area contributed by atoms with Gasteiger partial charge in [-0.15, -0.1) is 10.2 Å². The van der Waals surface area contributed by atoms with Gasteiger partial charge in [-0.1, -0.05) is 83.3 Å². The fourth-order valence-corrected chi connectivity index (χ4v) is 6.30. The lowest BCUT2D eigenvalue weighted by atomic mass is 9.75. The summed E-state index contributed by atoms with van der Waals surface area (Å²) in [4.78, 5) is 15.0. The van der Waals surface area contributed by atoms with Gasteiger partial charge in [0, 0.05) is 23.4 Å². The van der Waals surface area contributed by atoms with E-state index < -0.39 is 5.92 Å². The fraction of sp³-hybridized carbons (Fsp3) is 0.231. The Labute approximate surface area is 206 Å². The van der Waals surface area contributed by atoms with Crippen LogP contribution in [-0.4, -0.2) is 16.0 Å². The molecule has 2 N–H and O–H groups in total. The average molecular weight is 486 g/mol. The summed E-state index contributed by atoms with van der Waals surface area (Å²) in [5.74, 6) is 0.730. The van der Waals surface area contributed by atoms with Gasteiger partial charge in [-0.3, -0.25) is 9.69 Å². The van der Waals surface area contributed by atoms with Gasteiger partial charge in [0.1, 0.15) is 5.82 Å². The predicted octanol–water partition coefficient (Wildman–Crippen LogP) is 5.44. The number of hydrogen-bond donors (Lipinski definition) is 1. The van der Waals surface area contributed by atoms with Crippen LogP contribution in [0.2, 0.25) is 0 Å². The number of carbonyl (C=O) groups is 1. The second kappa shape index (κ2) is 9.45. The van der Waals surface area contributed by atoms with Crippen LogP contribution < -0.4 is 10.6 Å². The van der Waals surface area contributed by atoms with Crippen molar-refractivity contribution in [3.8, 4) is 6.07 Å². The third kappa shape index (κ3) is 4.13. The Balaban J connectivity index is 1.54. The molecule has 2 aliphatic rings. The number of Topliss-reactive ketones (excluding diaryl/α,β-unsaturated/α-hetero) is 1.